The third kappa shape index (κ3) is 6.67. The lowest BCUT2D eigenvalue weighted by molar-refractivity contribution is -0.116. The zero-order valence-corrected chi connectivity index (χ0v) is 14.2. The maximum Gasteiger partial charge on any atom is 0.224 e. The van der Waals surface area contributed by atoms with Crippen LogP contribution in [0.15, 0.2) is 24.3 Å². The summed E-state index contributed by atoms with van der Waals surface area (Å²) in [4.78, 5) is 12.0. The van der Waals surface area contributed by atoms with Crippen molar-refractivity contribution in [3.05, 3.63) is 24.3 Å². The second kappa shape index (κ2) is 9.70. The van der Waals surface area contributed by atoms with E-state index in [1.165, 1.54) is 6.42 Å². The van der Waals surface area contributed by atoms with Gasteiger partial charge in [0.1, 0.15) is 5.75 Å². The lowest BCUT2D eigenvalue weighted by Crippen LogP contribution is -2.15. The molecule has 1 atom stereocenters. The van der Waals surface area contributed by atoms with Gasteiger partial charge in [0.25, 0.3) is 0 Å². The van der Waals surface area contributed by atoms with Crippen molar-refractivity contribution in [1.29, 1.82) is 0 Å². The standard InChI is InChI=1S/C17H26N2O2.ClH/c1-13(2)12-21-16-5-3-4-15(10-16)19-17(20)7-6-14-8-9-18-11-14;/h3-5,10,13-14,18H,6-9,11-12H2,1-2H3,(H,19,20);1H. The molecule has 1 fully saturated rings. The normalized spacial score (nSPS) is 17.1. The minimum absolute atomic E-state index is 0. The maximum atomic E-state index is 12.0. The van der Waals surface area contributed by atoms with Gasteiger partial charge in [0.05, 0.1) is 6.61 Å². The number of hydrogen-bond donors (Lipinski definition) is 2. The van der Waals surface area contributed by atoms with Crippen molar-refractivity contribution in [2.45, 2.75) is 33.1 Å². The van der Waals surface area contributed by atoms with Crippen LogP contribution in [0, 0.1) is 11.8 Å². The molecule has 0 saturated carbocycles. The van der Waals surface area contributed by atoms with Crippen LogP contribution in [0.4, 0.5) is 5.69 Å². The molecule has 124 valence electrons. The number of halogens is 1. The van der Waals surface area contributed by atoms with Crippen LogP contribution in [0.25, 0.3) is 0 Å². The Bertz CT molecular complexity index is 460. The van der Waals surface area contributed by atoms with E-state index in [2.05, 4.69) is 24.5 Å². The highest BCUT2D eigenvalue weighted by atomic mass is 35.5. The lowest BCUT2D eigenvalue weighted by Gasteiger charge is -2.11. The average molecular weight is 327 g/mol. The van der Waals surface area contributed by atoms with Gasteiger partial charge < -0.3 is 15.4 Å². The molecule has 5 heteroatoms. The molecule has 1 aromatic carbocycles. The Morgan fingerprint density at radius 3 is 2.95 bits per heavy atom. The van der Waals surface area contributed by atoms with Crippen LogP contribution in [-0.2, 0) is 4.79 Å². The molecular weight excluding hydrogens is 300 g/mol. The second-order valence-corrected chi connectivity index (χ2v) is 6.18. The Morgan fingerprint density at radius 2 is 2.27 bits per heavy atom. The van der Waals surface area contributed by atoms with Crippen LogP contribution in [0.5, 0.6) is 5.75 Å². The first kappa shape index (κ1) is 18.8. The highest BCUT2D eigenvalue weighted by Crippen LogP contribution is 2.19. The van der Waals surface area contributed by atoms with Crippen LogP contribution < -0.4 is 15.4 Å². The molecule has 4 nitrogen and oxygen atoms in total. The summed E-state index contributed by atoms with van der Waals surface area (Å²) >= 11 is 0. The monoisotopic (exact) mass is 326 g/mol. The number of nitrogens with one attached hydrogen (secondary N) is 2. The molecule has 2 N–H and O–H groups in total. The number of amides is 1. The van der Waals surface area contributed by atoms with E-state index in [9.17, 15) is 4.79 Å². The number of anilines is 1. The van der Waals surface area contributed by atoms with Crippen molar-refractivity contribution in [3.8, 4) is 5.75 Å². The van der Waals surface area contributed by atoms with E-state index >= 15 is 0 Å². The predicted molar refractivity (Wildman–Crippen MR) is 92.9 cm³/mol. The fourth-order valence-corrected chi connectivity index (χ4v) is 2.45. The SMILES string of the molecule is CC(C)COc1cccc(NC(=O)CCC2CCNC2)c1.Cl. The molecule has 0 aliphatic carbocycles. The van der Waals surface area contributed by atoms with Gasteiger partial charge in [0.15, 0.2) is 0 Å². The summed E-state index contributed by atoms with van der Waals surface area (Å²) in [6.07, 6.45) is 2.73. The van der Waals surface area contributed by atoms with E-state index in [0.717, 1.165) is 30.9 Å². The van der Waals surface area contributed by atoms with Gasteiger partial charge in [-0.3, -0.25) is 4.79 Å². The molecule has 0 bridgehead atoms. The molecular formula is C17H27ClN2O2. The number of carbonyl (C=O) groups excluding carboxylic acids is 1. The van der Waals surface area contributed by atoms with Crippen LogP contribution in [-0.4, -0.2) is 25.6 Å². The van der Waals surface area contributed by atoms with E-state index in [-0.39, 0.29) is 18.3 Å². The summed E-state index contributed by atoms with van der Waals surface area (Å²) < 4.78 is 5.67. The summed E-state index contributed by atoms with van der Waals surface area (Å²) in [6.45, 7) is 7.05. The van der Waals surface area contributed by atoms with E-state index in [1.807, 2.05) is 24.3 Å². The number of benzene rings is 1. The summed E-state index contributed by atoms with van der Waals surface area (Å²) in [5.41, 5.74) is 0.811. The highest BCUT2D eigenvalue weighted by Gasteiger charge is 2.15. The Hall–Kier alpha value is -1.26. The van der Waals surface area contributed by atoms with Gasteiger partial charge in [0, 0.05) is 18.2 Å². The number of rotatable bonds is 7. The van der Waals surface area contributed by atoms with E-state index in [1.54, 1.807) is 0 Å². The molecule has 1 heterocycles. The molecule has 2 rings (SSSR count). The molecule has 0 radical (unpaired) electrons. The minimum Gasteiger partial charge on any atom is -0.493 e. The van der Waals surface area contributed by atoms with Gasteiger partial charge >= 0.3 is 0 Å². The Morgan fingerprint density at radius 1 is 1.45 bits per heavy atom. The first-order chi connectivity index (χ1) is 10.1. The molecule has 1 aliphatic heterocycles. The average Bonchev–Trinajstić information content (AvgIpc) is 2.97. The van der Waals surface area contributed by atoms with Crippen molar-refractivity contribution < 1.29 is 9.53 Å². The van der Waals surface area contributed by atoms with Crippen molar-refractivity contribution >= 4 is 24.0 Å². The smallest absolute Gasteiger partial charge is 0.224 e. The number of hydrogen-bond acceptors (Lipinski definition) is 3. The quantitative estimate of drug-likeness (QED) is 0.806. The topological polar surface area (TPSA) is 50.4 Å². The number of carbonyl (C=O) groups is 1. The largest absolute Gasteiger partial charge is 0.493 e. The molecule has 1 aliphatic rings. The van der Waals surface area contributed by atoms with Gasteiger partial charge in [-0.1, -0.05) is 19.9 Å². The van der Waals surface area contributed by atoms with Crippen LogP contribution in [0.1, 0.15) is 33.1 Å². The first-order valence-electron chi connectivity index (χ1n) is 7.87. The zero-order valence-electron chi connectivity index (χ0n) is 13.4. The fraction of sp³-hybridized carbons (Fsp3) is 0.588. The molecule has 1 saturated heterocycles. The zero-order chi connectivity index (χ0) is 15.1. The third-order valence-electron chi connectivity index (χ3n) is 3.64. The summed E-state index contributed by atoms with van der Waals surface area (Å²) in [6, 6.07) is 7.61. The third-order valence-corrected chi connectivity index (χ3v) is 3.64. The molecule has 22 heavy (non-hydrogen) atoms. The molecule has 1 amide bonds. The summed E-state index contributed by atoms with van der Waals surface area (Å²) in [5, 5.41) is 6.28. The van der Waals surface area contributed by atoms with Gasteiger partial charge in [-0.15, -0.1) is 12.4 Å². The van der Waals surface area contributed by atoms with Crippen LogP contribution in [0.2, 0.25) is 0 Å². The minimum atomic E-state index is 0. The molecule has 0 spiro atoms. The van der Waals surface area contributed by atoms with Crippen molar-refractivity contribution in [3.63, 3.8) is 0 Å². The van der Waals surface area contributed by atoms with Crippen LogP contribution >= 0.6 is 12.4 Å². The molecule has 0 aromatic heterocycles. The van der Waals surface area contributed by atoms with E-state index in [0.29, 0.717) is 24.9 Å². The first-order valence-corrected chi connectivity index (χ1v) is 7.87. The molecule has 1 aromatic rings. The second-order valence-electron chi connectivity index (χ2n) is 6.18. The Balaban J connectivity index is 0.00000242. The van der Waals surface area contributed by atoms with Gasteiger partial charge in [-0.2, -0.15) is 0 Å². The summed E-state index contributed by atoms with van der Waals surface area (Å²) in [5.74, 6) is 2.03. The van der Waals surface area contributed by atoms with Crippen LogP contribution in [0.3, 0.4) is 0 Å². The highest BCUT2D eigenvalue weighted by molar-refractivity contribution is 5.90. The fourth-order valence-electron chi connectivity index (χ4n) is 2.45. The van der Waals surface area contributed by atoms with Crippen molar-refractivity contribution in [1.82, 2.24) is 5.32 Å². The maximum absolute atomic E-state index is 12.0. The van der Waals surface area contributed by atoms with Gasteiger partial charge in [-0.05, 0) is 49.9 Å². The predicted octanol–water partition coefficient (Wildman–Crippen LogP) is 3.47. The van der Waals surface area contributed by atoms with E-state index in [4.69, 9.17) is 4.74 Å². The van der Waals surface area contributed by atoms with E-state index < -0.39 is 0 Å². The lowest BCUT2D eigenvalue weighted by atomic mass is 10.0. The van der Waals surface area contributed by atoms with Crippen molar-refractivity contribution in [2.75, 3.05) is 25.0 Å². The Kier molecular flexibility index (Phi) is 8.28. The van der Waals surface area contributed by atoms with Gasteiger partial charge in [-0.25, -0.2) is 0 Å². The van der Waals surface area contributed by atoms with Crippen molar-refractivity contribution in [2.24, 2.45) is 11.8 Å². The summed E-state index contributed by atoms with van der Waals surface area (Å²) in [7, 11) is 0. The number of ether oxygens (including phenoxy) is 1. The molecule has 1 unspecified atom stereocenters. The van der Waals surface area contributed by atoms with Gasteiger partial charge in [0.2, 0.25) is 5.91 Å². The Labute approximate surface area is 139 Å².